The fourth-order valence-corrected chi connectivity index (χ4v) is 2.38. The van der Waals surface area contributed by atoms with E-state index in [2.05, 4.69) is 5.32 Å². The van der Waals surface area contributed by atoms with Crippen molar-refractivity contribution < 1.29 is 14.6 Å². The Morgan fingerprint density at radius 3 is 3.12 bits per heavy atom. The SMILES string of the molecule is CC(CCO)SCC(=O)NCC1CCCO1. The number of hydrogen-bond donors (Lipinski definition) is 2. The number of aliphatic hydroxyl groups excluding tert-OH is 1. The summed E-state index contributed by atoms with van der Waals surface area (Å²) in [5, 5.41) is 11.9. The van der Waals surface area contributed by atoms with Gasteiger partial charge in [-0.25, -0.2) is 0 Å². The molecule has 1 aliphatic rings. The molecule has 0 bridgehead atoms. The van der Waals surface area contributed by atoms with Crippen LogP contribution in [0.4, 0.5) is 0 Å². The molecule has 0 aromatic heterocycles. The zero-order chi connectivity index (χ0) is 11.8. The van der Waals surface area contributed by atoms with E-state index in [-0.39, 0.29) is 18.6 Å². The van der Waals surface area contributed by atoms with Gasteiger partial charge in [-0.3, -0.25) is 4.79 Å². The lowest BCUT2D eigenvalue weighted by atomic mass is 10.2. The lowest BCUT2D eigenvalue weighted by Gasteiger charge is -2.12. The summed E-state index contributed by atoms with van der Waals surface area (Å²) in [6.07, 6.45) is 3.10. The van der Waals surface area contributed by atoms with Crippen molar-refractivity contribution >= 4 is 17.7 Å². The summed E-state index contributed by atoms with van der Waals surface area (Å²) >= 11 is 1.58. The normalized spacial score (nSPS) is 22.0. The first-order chi connectivity index (χ1) is 7.72. The molecule has 1 saturated heterocycles. The second kappa shape index (κ2) is 7.92. The van der Waals surface area contributed by atoms with Crippen molar-refractivity contribution in [2.24, 2.45) is 0 Å². The van der Waals surface area contributed by atoms with Crippen LogP contribution in [0.25, 0.3) is 0 Å². The number of nitrogens with one attached hydrogen (secondary N) is 1. The highest BCUT2D eigenvalue weighted by Crippen LogP contribution is 2.13. The van der Waals surface area contributed by atoms with Crippen LogP contribution in [0, 0.1) is 0 Å². The topological polar surface area (TPSA) is 58.6 Å². The van der Waals surface area contributed by atoms with E-state index >= 15 is 0 Å². The highest BCUT2D eigenvalue weighted by atomic mass is 32.2. The smallest absolute Gasteiger partial charge is 0.230 e. The Labute approximate surface area is 101 Å². The molecule has 1 fully saturated rings. The van der Waals surface area contributed by atoms with Crippen LogP contribution in [-0.2, 0) is 9.53 Å². The minimum atomic E-state index is 0.0605. The van der Waals surface area contributed by atoms with Crippen molar-refractivity contribution in [1.29, 1.82) is 0 Å². The van der Waals surface area contributed by atoms with E-state index in [4.69, 9.17) is 9.84 Å². The zero-order valence-electron chi connectivity index (χ0n) is 9.78. The van der Waals surface area contributed by atoms with E-state index < -0.39 is 0 Å². The molecule has 1 heterocycles. The first-order valence-electron chi connectivity index (χ1n) is 5.83. The summed E-state index contributed by atoms with van der Waals surface area (Å²) in [6.45, 7) is 3.66. The fraction of sp³-hybridized carbons (Fsp3) is 0.909. The Bertz CT molecular complexity index is 207. The van der Waals surface area contributed by atoms with Gasteiger partial charge >= 0.3 is 0 Å². The third-order valence-electron chi connectivity index (χ3n) is 2.59. The first-order valence-corrected chi connectivity index (χ1v) is 6.88. The van der Waals surface area contributed by atoms with Gasteiger partial charge in [0.25, 0.3) is 0 Å². The minimum absolute atomic E-state index is 0.0605. The zero-order valence-corrected chi connectivity index (χ0v) is 10.6. The van der Waals surface area contributed by atoms with Crippen LogP contribution in [0.15, 0.2) is 0 Å². The van der Waals surface area contributed by atoms with Gasteiger partial charge < -0.3 is 15.2 Å². The lowest BCUT2D eigenvalue weighted by Crippen LogP contribution is -2.33. The van der Waals surface area contributed by atoms with Crippen LogP contribution in [0.3, 0.4) is 0 Å². The Hall–Kier alpha value is -0.260. The Morgan fingerprint density at radius 2 is 2.50 bits per heavy atom. The number of amides is 1. The molecule has 2 N–H and O–H groups in total. The van der Waals surface area contributed by atoms with Crippen LogP contribution >= 0.6 is 11.8 Å². The maximum atomic E-state index is 11.5. The number of carbonyl (C=O) groups is 1. The molecule has 1 aliphatic heterocycles. The van der Waals surface area contributed by atoms with Gasteiger partial charge in [0, 0.05) is 25.0 Å². The maximum absolute atomic E-state index is 11.5. The van der Waals surface area contributed by atoms with Gasteiger partial charge in [-0.05, 0) is 19.3 Å². The highest BCUT2D eigenvalue weighted by molar-refractivity contribution is 8.00. The van der Waals surface area contributed by atoms with Crippen LogP contribution in [0.2, 0.25) is 0 Å². The quantitative estimate of drug-likeness (QED) is 0.698. The third-order valence-corrected chi connectivity index (χ3v) is 3.82. The van der Waals surface area contributed by atoms with Crippen LogP contribution in [0.5, 0.6) is 0 Å². The van der Waals surface area contributed by atoms with Gasteiger partial charge in [0.1, 0.15) is 0 Å². The number of rotatable bonds is 7. The number of hydrogen-bond acceptors (Lipinski definition) is 4. The standard InChI is InChI=1S/C11H21NO3S/c1-9(4-5-13)16-8-11(14)12-7-10-3-2-6-15-10/h9-10,13H,2-8H2,1H3,(H,12,14). The molecule has 16 heavy (non-hydrogen) atoms. The molecule has 2 atom stereocenters. The Balaban J connectivity index is 2.01. The molecule has 4 nitrogen and oxygen atoms in total. The monoisotopic (exact) mass is 247 g/mol. The van der Waals surface area contributed by atoms with E-state index in [1.165, 1.54) is 0 Å². The minimum Gasteiger partial charge on any atom is -0.396 e. The summed E-state index contributed by atoms with van der Waals surface area (Å²) in [5.74, 6) is 0.527. The van der Waals surface area contributed by atoms with E-state index in [1.54, 1.807) is 11.8 Å². The van der Waals surface area contributed by atoms with Crippen molar-refractivity contribution in [3.8, 4) is 0 Å². The van der Waals surface area contributed by atoms with Crippen LogP contribution < -0.4 is 5.32 Å². The second-order valence-electron chi connectivity index (χ2n) is 4.07. The molecule has 0 radical (unpaired) electrons. The third kappa shape index (κ3) is 5.72. The average Bonchev–Trinajstić information content (AvgIpc) is 2.77. The predicted octanol–water partition coefficient (Wildman–Crippen LogP) is 0.786. The van der Waals surface area contributed by atoms with E-state index in [0.717, 1.165) is 25.9 Å². The summed E-state index contributed by atoms with van der Waals surface area (Å²) in [6, 6.07) is 0. The van der Waals surface area contributed by atoms with Gasteiger partial charge in [0.15, 0.2) is 0 Å². The Kier molecular flexibility index (Phi) is 6.84. The van der Waals surface area contributed by atoms with E-state index in [9.17, 15) is 4.79 Å². The highest BCUT2D eigenvalue weighted by Gasteiger charge is 2.16. The number of carbonyl (C=O) groups excluding carboxylic acids is 1. The van der Waals surface area contributed by atoms with E-state index in [0.29, 0.717) is 17.5 Å². The molecular formula is C11H21NO3S. The molecule has 1 rings (SSSR count). The van der Waals surface area contributed by atoms with Crippen molar-refractivity contribution in [2.75, 3.05) is 25.5 Å². The number of aliphatic hydroxyl groups is 1. The summed E-state index contributed by atoms with van der Waals surface area (Å²) in [4.78, 5) is 11.5. The van der Waals surface area contributed by atoms with E-state index in [1.807, 2.05) is 6.92 Å². The van der Waals surface area contributed by atoms with Crippen molar-refractivity contribution in [2.45, 2.75) is 37.5 Å². The molecule has 5 heteroatoms. The predicted molar refractivity (Wildman–Crippen MR) is 65.6 cm³/mol. The summed E-state index contributed by atoms with van der Waals surface area (Å²) in [7, 11) is 0. The second-order valence-corrected chi connectivity index (χ2v) is 5.50. The molecule has 2 unspecified atom stereocenters. The summed E-state index contributed by atoms with van der Waals surface area (Å²) in [5.41, 5.74) is 0. The molecule has 1 amide bonds. The first kappa shape index (κ1) is 13.8. The lowest BCUT2D eigenvalue weighted by molar-refractivity contribution is -0.119. The molecule has 94 valence electrons. The average molecular weight is 247 g/mol. The molecule has 0 aliphatic carbocycles. The molecule has 0 aromatic rings. The van der Waals surface area contributed by atoms with Gasteiger partial charge in [0.2, 0.25) is 5.91 Å². The molecule has 0 saturated carbocycles. The van der Waals surface area contributed by atoms with Crippen LogP contribution in [0.1, 0.15) is 26.2 Å². The van der Waals surface area contributed by atoms with Crippen LogP contribution in [-0.4, -0.2) is 47.9 Å². The molecule has 0 spiro atoms. The molecular weight excluding hydrogens is 226 g/mol. The van der Waals surface area contributed by atoms with Gasteiger partial charge in [-0.2, -0.15) is 0 Å². The van der Waals surface area contributed by atoms with Gasteiger partial charge in [-0.15, -0.1) is 11.8 Å². The molecule has 0 aromatic carbocycles. The van der Waals surface area contributed by atoms with Crippen molar-refractivity contribution in [3.63, 3.8) is 0 Å². The van der Waals surface area contributed by atoms with Crippen molar-refractivity contribution in [1.82, 2.24) is 5.32 Å². The van der Waals surface area contributed by atoms with Gasteiger partial charge in [-0.1, -0.05) is 6.92 Å². The van der Waals surface area contributed by atoms with Crippen molar-refractivity contribution in [3.05, 3.63) is 0 Å². The summed E-state index contributed by atoms with van der Waals surface area (Å²) < 4.78 is 5.41. The Morgan fingerprint density at radius 1 is 1.69 bits per heavy atom. The largest absolute Gasteiger partial charge is 0.396 e. The van der Waals surface area contributed by atoms with Gasteiger partial charge in [0.05, 0.1) is 11.9 Å². The maximum Gasteiger partial charge on any atom is 0.230 e. The number of thioether (sulfide) groups is 1. The fourth-order valence-electron chi connectivity index (χ4n) is 1.57. The number of ether oxygens (including phenoxy) is 1.